The van der Waals surface area contributed by atoms with Crippen LogP contribution in [0.15, 0.2) is 42.5 Å². The number of rotatable bonds is 3. The second kappa shape index (κ2) is 5.69. The zero-order valence-corrected chi connectivity index (χ0v) is 12.9. The molecule has 114 valence electrons. The first-order valence-electron chi connectivity index (χ1n) is 8.11. The summed E-state index contributed by atoms with van der Waals surface area (Å²) in [7, 11) is 0. The number of benzene rings is 1. The summed E-state index contributed by atoms with van der Waals surface area (Å²) < 4.78 is 6.18. The standard InChI is InChI=1S/C18H21N3O/c1-13-18(15-9-11-21(13)12-10-15)22-17-8-7-16(19-20-17)14-5-3-2-4-6-14/h2-8,13,15,18H,9-12H2,1H3/t13-,18-/m1/s1. The summed E-state index contributed by atoms with van der Waals surface area (Å²) in [6.45, 7) is 4.69. The maximum Gasteiger partial charge on any atom is 0.233 e. The van der Waals surface area contributed by atoms with Gasteiger partial charge in [0.1, 0.15) is 6.10 Å². The minimum absolute atomic E-state index is 0.249. The first-order chi connectivity index (χ1) is 10.8. The third kappa shape index (κ3) is 2.48. The number of hydrogen-bond donors (Lipinski definition) is 0. The molecule has 0 aliphatic carbocycles. The van der Waals surface area contributed by atoms with Gasteiger partial charge in [-0.1, -0.05) is 30.3 Å². The molecule has 4 nitrogen and oxygen atoms in total. The van der Waals surface area contributed by atoms with E-state index in [2.05, 4.69) is 22.0 Å². The summed E-state index contributed by atoms with van der Waals surface area (Å²) >= 11 is 0. The Kier molecular flexibility index (Phi) is 3.54. The van der Waals surface area contributed by atoms with Crippen LogP contribution in [0, 0.1) is 5.92 Å². The van der Waals surface area contributed by atoms with Crippen molar-refractivity contribution in [1.82, 2.24) is 15.1 Å². The van der Waals surface area contributed by atoms with Crippen molar-refractivity contribution in [2.24, 2.45) is 5.92 Å². The van der Waals surface area contributed by atoms with Gasteiger partial charge in [0.15, 0.2) is 0 Å². The highest BCUT2D eigenvalue weighted by molar-refractivity contribution is 5.58. The number of nitrogens with zero attached hydrogens (tertiary/aromatic N) is 3. The minimum Gasteiger partial charge on any atom is -0.471 e. The molecule has 0 saturated carbocycles. The maximum atomic E-state index is 6.18. The highest BCUT2D eigenvalue weighted by Crippen LogP contribution is 2.34. The Bertz CT molecular complexity index is 619. The number of piperidine rings is 3. The lowest BCUT2D eigenvalue weighted by atomic mass is 9.81. The lowest BCUT2D eigenvalue weighted by Gasteiger charge is -2.48. The van der Waals surface area contributed by atoms with Gasteiger partial charge in [0.05, 0.1) is 5.69 Å². The van der Waals surface area contributed by atoms with Crippen LogP contribution in [0.1, 0.15) is 19.8 Å². The van der Waals surface area contributed by atoms with Gasteiger partial charge >= 0.3 is 0 Å². The molecule has 3 aliphatic heterocycles. The van der Waals surface area contributed by atoms with Crippen LogP contribution < -0.4 is 4.74 Å². The van der Waals surface area contributed by atoms with Crippen molar-refractivity contribution in [2.45, 2.75) is 31.9 Å². The van der Waals surface area contributed by atoms with Gasteiger partial charge in [-0.05, 0) is 44.8 Å². The van der Waals surface area contributed by atoms with Crippen molar-refractivity contribution in [2.75, 3.05) is 13.1 Å². The first kappa shape index (κ1) is 13.7. The molecule has 4 heterocycles. The van der Waals surface area contributed by atoms with Gasteiger partial charge in [-0.3, -0.25) is 4.90 Å². The summed E-state index contributed by atoms with van der Waals surface area (Å²) in [4.78, 5) is 2.52. The fraction of sp³-hybridized carbons (Fsp3) is 0.444. The summed E-state index contributed by atoms with van der Waals surface area (Å²) in [5.41, 5.74) is 1.97. The van der Waals surface area contributed by atoms with E-state index in [4.69, 9.17) is 4.74 Å². The van der Waals surface area contributed by atoms with Crippen LogP contribution in [0.4, 0.5) is 0 Å². The average Bonchev–Trinajstić information content (AvgIpc) is 2.60. The molecular weight excluding hydrogens is 274 g/mol. The zero-order valence-electron chi connectivity index (χ0n) is 12.9. The number of ether oxygens (including phenoxy) is 1. The minimum atomic E-state index is 0.249. The molecule has 3 saturated heterocycles. The molecule has 3 fully saturated rings. The van der Waals surface area contributed by atoms with Gasteiger partial charge in [-0.25, -0.2) is 0 Å². The van der Waals surface area contributed by atoms with Crippen molar-refractivity contribution >= 4 is 0 Å². The Hall–Kier alpha value is -1.94. The summed E-state index contributed by atoms with van der Waals surface area (Å²) in [5, 5.41) is 8.59. The number of aromatic nitrogens is 2. The summed E-state index contributed by atoms with van der Waals surface area (Å²) in [6, 6.07) is 14.5. The van der Waals surface area contributed by atoms with Crippen LogP contribution in [-0.4, -0.2) is 40.3 Å². The van der Waals surface area contributed by atoms with Crippen LogP contribution in [0.2, 0.25) is 0 Å². The highest BCUT2D eigenvalue weighted by Gasteiger charge is 2.41. The topological polar surface area (TPSA) is 38.3 Å². The van der Waals surface area contributed by atoms with Crippen molar-refractivity contribution < 1.29 is 4.74 Å². The monoisotopic (exact) mass is 295 g/mol. The van der Waals surface area contributed by atoms with Gasteiger partial charge in [0.25, 0.3) is 0 Å². The molecule has 5 rings (SSSR count). The van der Waals surface area contributed by atoms with Crippen LogP contribution in [0.3, 0.4) is 0 Å². The Morgan fingerprint density at radius 3 is 2.41 bits per heavy atom. The van der Waals surface area contributed by atoms with Crippen molar-refractivity contribution in [3.05, 3.63) is 42.5 Å². The second-order valence-corrected chi connectivity index (χ2v) is 6.32. The fourth-order valence-corrected chi connectivity index (χ4v) is 3.74. The van der Waals surface area contributed by atoms with Gasteiger partial charge in [0.2, 0.25) is 5.88 Å². The zero-order chi connectivity index (χ0) is 14.9. The molecule has 0 spiro atoms. The number of hydrogen-bond acceptors (Lipinski definition) is 4. The van der Waals surface area contributed by atoms with Gasteiger partial charge in [-0.2, -0.15) is 0 Å². The van der Waals surface area contributed by atoms with E-state index in [1.54, 1.807) is 0 Å². The molecule has 0 unspecified atom stereocenters. The average molecular weight is 295 g/mol. The quantitative estimate of drug-likeness (QED) is 0.872. The van der Waals surface area contributed by atoms with Crippen LogP contribution >= 0.6 is 0 Å². The third-order valence-electron chi connectivity index (χ3n) is 5.06. The molecule has 2 bridgehead atoms. The van der Waals surface area contributed by atoms with Crippen molar-refractivity contribution in [3.8, 4) is 17.1 Å². The molecule has 0 amide bonds. The molecule has 3 aliphatic rings. The van der Waals surface area contributed by atoms with Crippen LogP contribution in [-0.2, 0) is 0 Å². The third-order valence-corrected chi connectivity index (χ3v) is 5.06. The first-order valence-corrected chi connectivity index (χ1v) is 8.11. The van der Waals surface area contributed by atoms with E-state index in [0.717, 1.165) is 11.3 Å². The second-order valence-electron chi connectivity index (χ2n) is 6.32. The van der Waals surface area contributed by atoms with Crippen LogP contribution in [0.25, 0.3) is 11.3 Å². The van der Waals surface area contributed by atoms with Crippen molar-refractivity contribution in [3.63, 3.8) is 0 Å². The van der Waals surface area contributed by atoms with E-state index in [9.17, 15) is 0 Å². The fourth-order valence-electron chi connectivity index (χ4n) is 3.74. The Balaban J connectivity index is 1.50. The SMILES string of the molecule is C[C@@H]1[C@@H](Oc2ccc(-c3ccccc3)nn2)C2CCN1CC2. The molecule has 0 N–H and O–H groups in total. The van der Waals surface area contributed by atoms with Gasteiger partial charge < -0.3 is 4.74 Å². The Morgan fingerprint density at radius 1 is 1.00 bits per heavy atom. The predicted octanol–water partition coefficient (Wildman–Crippen LogP) is 3.01. The molecule has 1 aromatic heterocycles. The molecule has 2 atom stereocenters. The van der Waals surface area contributed by atoms with E-state index >= 15 is 0 Å². The number of fused-ring (bicyclic) bond motifs is 3. The molecule has 1 aromatic carbocycles. The van der Waals surface area contributed by atoms with E-state index < -0.39 is 0 Å². The maximum absolute atomic E-state index is 6.18. The summed E-state index contributed by atoms with van der Waals surface area (Å²) in [6.07, 6.45) is 2.73. The van der Waals surface area contributed by atoms with E-state index in [0.29, 0.717) is 17.8 Å². The van der Waals surface area contributed by atoms with Crippen LogP contribution in [0.5, 0.6) is 5.88 Å². The lowest BCUT2D eigenvalue weighted by Crippen LogP contribution is -2.58. The van der Waals surface area contributed by atoms with E-state index in [1.807, 2.05) is 42.5 Å². The molecule has 4 heteroatoms. The Morgan fingerprint density at radius 2 is 1.77 bits per heavy atom. The van der Waals surface area contributed by atoms with Gasteiger partial charge in [-0.15, -0.1) is 10.2 Å². The van der Waals surface area contributed by atoms with E-state index in [1.165, 1.54) is 25.9 Å². The normalized spacial score (nSPS) is 30.2. The smallest absolute Gasteiger partial charge is 0.233 e. The van der Waals surface area contributed by atoms with Crippen molar-refractivity contribution in [1.29, 1.82) is 0 Å². The Labute approximate surface area is 131 Å². The largest absolute Gasteiger partial charge is 0.471 e. The van der Waals surface area contributed by atoms with Gasteiger partial charge in [0, 0.05) is 17.7 Å². The lowest BCUT2D eigenvalue weighted by molar-refractivity contribution is -0.0528. The molecule has 0 radical (unpaired) electrons. The summed E-state index contributed by atoms with van der Waals surface area (Å²) in [5.74, 6) is 1.31. The molecular formula is C18H21N3O. The van der Waals surface area contributed by atoms with E-state index in [-0.39, 0.29) is 6.10 Å². The molecule has 22 heavy (non-hydrogen) atoms. The highest BCUT2D eigenvalue weighted by atomic mass is 16.5. The molecule has 2 aromatic rings. The predicted molar refractivity (Wildman–Crippen MR) is 85.6 cm³/mol.